The Labute approximate surface area is 63.0 Å². The van der Waals surface area contributed by atoms with Crippen molar-refractivity contribution in [1.82, 2.24) is 9.97 Å². The van der Waals surface area contributed by atoms with Crippen molar-refractivity contribution < 1.29 is 5.11 Å². The second kappa shape index (κ2) is 2.59. The smallest absolute Gasteiger partial charge is 0.222 e. The molecular weight excluding hydrogens is 146 g/mol. The Hall–Kier alpha value is -1.56. The second-order valence-corrected chi connectivity index (χ2v) is 1.99. The van der Waals surface area contributed by atoms with Crippen molar-refractivity contribution in [1.29, 1.82) is 0 Å². The average molecular weight is 155 g/mol. The van der Waals surface area contributed by atoms with Crippen LogP contribution in [0.25, 0.3) is 0 Å². The highest BCUT2D eigenvalue weighted by Crippen LogP contribution is 2.16. The molecule has 0 aliphatic rings. The number of aromatic nitrogens is 2. The van der Waals surface area contributed by atoms with E-state index in [4.69, 9.17) is 22.3 Å². The Kier molecular flexibility index (Phi) is 1.77. The van der Waals surface area contributed by atoms with Crippen LogP contribution >= 0.6 is 0 Å². The fourth-order valence-corrected chi connectivity index (χ4v) is 0.675. The first-order chi connectivity index (χ1) is 5.15. The standard InChI is InChI=1S/C5H9N5O/c6-3-2(1-11)9-5(8)10-4(3)7/h11H,1,6H2,(H4,7,8,9,10). The molecule has 6 heteroatoms. The minimum atomic E-state index is -0.289. The Bertz CT molecular complexity index is 274. The number of hydrogen-bond acceptors (Lipinski definition) is 6. The summed E-state index contributed by atoms with van der Waals surface area (Å²) in [6, 6.07) is 0. The van der Waals surface area contributed by atoms with Crippen LogP contribution in [0.4, 0.5) is 17.5 Å². The number of aliphatic hydroxyl groups is 1. The number of hydrogen-bond donors (Lipinski definition) is 4. The molecule has 0 amide bonds. The third kappa shape index (κ3) is 1.30. The monoisotopic (exact) mass is 155 g/mol. The molecule has 0 spiro atoms. The summed E-state index contributed by atoms with van der Waals surface area (Å²) < 4.78 is 0. The summed E-state index contributed by atoms with van der Waals surface area (Å²) in [5.41, 5.74) is 16.4. The van der Waals surface area contributed by atoms with E-state index in [1.807, 2.05) is 0 Å². The van der Waals surface area contributed by atoms with Gasteiger partial charge in [-0.15, -0.1) is 0 Å². The molecule has 60 valence electrons. The summed E-state index contributed by atoms with van der Waals surface area (Å²) in [6.45, 7) is -0.289. The molecule has 0 saturated heterocycles. The molecule has 0 aliphatic heterocycles. The van der Waals surface area contributed by atoms with Crippen molar-refractivity contribution >= 4 is 17.5 Å². The Morgan fingerprint density at radius 2 is 1.82 bits per heavy atom. The molecule has 1 aromatic rings. The van der Waals surface area contributed by atoms with Crippen molar-refractivity contribution in [2.75, 3.05) is 17.2 Å². The maximum absolute atomic E-state index is 8.69. The maximum Gasteiger partial charge on any atom is 0.222 e. The van der Waals surface area contributed by atoms with Gasteiger partial charge in [0.25, 0.3) is 0 Å². The van der Waals surface area contributed by atoms with E-state index in [0.29, 0.717) is 0 Å². The molecule has 0 fully saturated rings. The van der Waals surface area contributed by atoms with Gasteiger partial charge in [0.15, 0.2) is 5.82 Å². The topological polar surface area (TPSA) is 124 Å². The minimum absolute atomic E-state index is 0.0146. The fraction of sp³-hybridized carbons (Fsp3) is 0.200. The SMILES string of the molecule is Nc1nc(N)c(N)c(CO)n1. The number of nitrogen functional groups attached to an aromatic ring is 3. The van der Waals surface area contributed by atoms with Gasteiger partial charge in [0.05, 0.1) is 18.0 Å². The molecule has 11 heavy (non-hydrogen) atoms. The van der Waals surface area contributed by atoms with Crippen molar-refractivity contribution in [3.63, 3.8) is 0 Å². The number of aliphatic hydroxyl groups excluding tert-OH is 1. The van der Waals surface area contributed by atoms with Gasteiger partial charge in [-0.05, 0) is 0 Å². The lowest BCUT2D eigenvalue weighted by Gasteiger charge is -2.03. The van der Waals surface area contributed by atoms with Crippen molar-refractivity contribution in [2.24, 2.45) is 0 Å². The summed E-state index contributed by atoms with van der Waals surface area (Å²) in [7, 11) is 0. The van der Waals surface area contributed by atoms with Gasteiger partial charge < -0.3 is 22.3 Å². The van der Waals surface area contributed by atoms with Gasteiger partial charge in [0, 0.05) is 0 Å². The van der Waals surface area contributed by atoms with Gasteiger partial charge in [-0.3, -0.25) is 0 Å². The molecule has 1 rings (SSSR count). The van der Waals surface area contributed by atoms with Crippen LogP contribution < -0.4 is 17.2 Å². The molecule has 0 aliphatic carbocycles. The van der Waals surface area contributed by atoms with Crippen LogP contribution in [0.2, 0.25) is 0 Å². The van der Waals surface area contributed by atoms with Crippen LogP contribution in [-0.2, 0) is 6.61 Å². The van der Waals surface area contributed by atoms with Crippen LogP contribution in [0.3, 0.4) is 0 Å². The summed E-state index contributed by atoms with van der Waals surface area (Å²) in [4.78, 5) is 7.25. The quantitative estimate of drug-likeness (QED) is 0.400. The third-order valence-corrected chi connectivity index (χ3v) is 1.22. The Morgan fingerprint density at radius 3 is 2.36 bits per heavy atom. The molecule has 0 saturated carbocycles. The first kappa shape index (κ1) is 7.55. The number of nitrogens with two attached hydrogens (primary N) is 3. The van der Waals surface area contributed by atoms with Crippen LogP contribution in [0.1, 0.15) is 5.69 Å². The molecule has 0 atom stereocenters. The first-order valence-electron chi connectivity index (χ1n) is 2.93. The van der Waals surface area contributed by atoms with E-state index in [1.54, 1.807) is 0 Å². The highest BCUT2D eigenvalue weighted by Gasteiger charge is 2.05. The van der Waals surface area contributed by atoms with E-state index in [-0.39, 0.29) is 29.8 Å². The van der Waals surface area contributed by atoms with Gasteiger partial charge in [0.2, 0.25) is 5.95 Å². The maximum atomic E-state index is 8.69. The molecule has 0 aromatic carbocycles. The Balaban J connectivity index is 3.24. The van der Waals surface area contributed by atoms with Crippen molar-refractivity contribution in [3.8, 4) is 0 Å². The van der Waals surface area contributed by atoms with Gasteiger partial charge in [-0.1, -0.05) is 0 Å². The van der Waals surface area contributed by atoms with E-state index in [1.165, 1.54) is 0 Å². The van der Waals surface area contributed by atoms with Gasteiger partial charge >= 0.3 is 0 Å². The zero-order valence-corrected chi connectivity index (χ0v) is 5.78. The fourth-order valence-electron chi connectivity index (χ4n) is 0.675. The van der Waals surface area contributed by atoms with Gasteiger partial charge in [-0.25, -0.2) is 4.98 Å². The lowest BCUT2D eigenvalue weighted by molar-refractivity contribution is 0.277. The third-order valence-electron chi connectivity index (χ3n) is 1.22. The average Bonchev–Trinajstić information content (AvgIpc) is 1.96. The highest BCUT2D eigenvalue weighted by atomic mass is 16.3. The zero-order chi connectivity index (χ0) is 8.43. The molecular formula is C5H9N5O. The lowest BCUT2D eigenvalue weighted by atomic mass is 10.3. The van der Waals surface area contributed by atoms with Crippen LogP contribution in [0.5, 0.6) is 0 Å². The summed E-state index contributed by atoms with van der Waals surface area (Å²) in [5.74, 6) is 0.113. The van der Waals surface area contributed by atoms with E-state index in [9.17, 15) is 0 Å². The summed E-state index contributed by atoms with van der Waals surface area (Å²) >= 11 is 0. The minimum Gasteiger partial charge on any atom is -0.394 e. The normalized spacial score (nSPS) is 9.91. The van der Waals surface area contributed by atoms with Gasteiger partial charge in [0.1, 0.15) is 0 Å². The molecule has 1 heterocycles. The first-order valence-corrected chi connectivity index (χ1v) is 2.93. The summed E-state index contributed by atoms with van der Waals surface area (Å²) in [5, 5.41) is 8.69. The second-order valence-electron chi connectivity index (χ2n) is 1.99. The molecule has 0 bridgehead atoms. The molecule has 6 nitrogen and oxygen atoms in total. The molecule has 0 radical (unpaired) electrons. The number of rotatable bonds is 1. The molecule has 0 unspecified atom stereocenters. The van der Waals surface area contributed by atoms with Gasteiger partial charge in [-0.2, -0.15) is 4.98 Å². The van der Waals surface area contributed by atoms with E-state index < -0.39 is 0 Å². The zero-order valence-electron chi connectivity index (χ0n) is 5.78. The molecule has 7 N–H and O–H groups in total. The van der Waals surface area contributed by atoms with E-state index in [2.05, 4.69) is 9.97 Å². The molecule has 1 aromatic heterocycles. The lowest BCUT2D eigenvalue weighted by Crippen LogP contribution is -2.08. The largest absolute Gasteiger partial charge is 0.394 e. The van der Waals surface area contributed by atoms with Crippen LogP contribution in [0.15, 0.2) is 0 Å². The van der Waals surface area contributed by atoms with Crippen molar-refractivity contribution in [3.05, 3.63) is 5.69 Å². The van der Waals surface area contributed by atoms with E-state index in [0.717, 1.165) is 0 Å². The number of anilines is 3. The highest BCUT2D eigenvalue weighted by molar-refractivity contribution is 5.62. The Morgan fingerprint density at radius 1 is 1.18 bits per heavy atom. The van der Waals surface area contributed by atoms with Crippen LogP contribution in [-0.4, -0.2) is 15.1 Å². The summed E-state index contributed by atoms with van der Waals surface area (Å²) in [6.07, 6.45) is 0. The number of nitrogens with zero attached hydrogens (tertiary/aromatic N) is 2. The van der Waals surface area contributed by atoms with E-state index >= 15 is 0 Å². The predicted molar refractivity (Wildman–Crippen MR) is 41.2 cm³/mol. The predicted octanol–water partition coefficient (Wildman–Crippen LogP) is -1.28. The van der Waals surface area contributed by atoms with Crippen molar-refractivity contribution in [2.45, 2.75) is 6.61 Å². The van der Waals surface area contributed by atoms with Crippen LogP contribution in [0, 0.1) is 0 Å².